The highest BCUT2D eigenvalue weighted by molar-refractivity contribution is 8.26. The predicted molar refractivity (Wildman–Crippen MR) is 131 cm³/mol. The van der Waals surface area contributed by atoms with E-state index in [1.54, 1.807) is 35.2 Å². The lowest BCUT2D eigenvalue weighted by Crippen LogP contribution is -2.35. The van der Waals surface area contributed by atoms with Gasteiger partial charge in [0.15, 0.2) is 6.61 Å². The average Bonchev–Trinajstić information content (AvgIpc) is 3.42. The van der Waals surface area contributed by atoms with Crippen LogP contribution in [0.2, 0.25) is 0 Å². The number of anilines is 1. The molecule has 2 fully saturated rings. The second-order valence-electron chi connectivity index (χ2n) is 7.88. The van der Waals surface area contributed by atoms with Crippen molar-refractivity contribution in [2.75, 3.05) is 25.1 Å². The number of halogens is 3. The minimum Gasteiger partial charge on any atom is -0.484 e. The summed E-state index contributed by atoms with van der Waals surface area (Å²) in [6.07, 6.45) is -0.970. The third kappa shape index (κ3) is 6.41. The summed E-state index contributed by atoms with van der Waals surface area (Å²) >= 11 is 6.58. The lowest BCUT2D eigenvalue weighted by atomic mass is 10.1. The summed E-state index contributed by atoms with van der Waals surface area (Å²) in [5, 5.41) is 2.23. The monoisotopic (exact) mass is 522 g/mol. The number of rotatable bonds is 7. The Balaban J connectivity index is 1.32. The highest BCUT2D eigenvalue weighted by atomic mass is 32.2. The first-order valence-corrected chi connectivity index (χ1v) is 12.0. The molecule has 2 aromatic rings. The van der Waals surface area contributed by atoms with Gasteiger partial charge in [-0.2, -0.15) is 13.2 Å². The fourth-order valence-corrected chi connectivity index (χ4v) is 4.91. The van der Waals surface area contributed by atoms with E-state index in [2.05, 4.69) is 5.32 Å². The zero-order valence-electron chi connectivity index (χ0n) is 18.3. The van der Waals surface area contributed by atoms with Crippen molar-refractivity contribution in [1.82, 2.24) is 4.90 Å². The molecule has 0 radical (unpaired) electrons. The van der Waals surface area contributed by atoms with E-state index in [0.717, 1.165) is 24.5 Å². The van der Waals surface area contributed by atoms with Crippen molar-refractivity contribution < 1.29 is 32.2 Å². The number of thiocarbonyl (C=S) groups is 1. The van der Waals surface area contributed by atoms with E-state index in [9.17, 15) is 22.8 Å². The number of nitrogens with zero attached hydrogens (tertiary/aromatic N) is 1. The van der Waals surface area contributed by atoms with E-state index in [4.69, 9.17) is 21.7 Å². The third-order valence-electron chi connectivity index (χ3n) is 5.34. The molecule has 0 aromatic heterocycles. The van der Waals surface area contributed by atoms with E-state index in [1.165, 1.54) is 30.0 Å². The molecule has 0 bridgehead atoms. The molecule has 184 valence electrons. The molecule has 4 rings (SSSR count). The first kappa shape index (κ1) is 25.2. The summed E-state index contributed by atoms with van der Waals surface area (Å²) in [7, 11) is 0. The van der Waals surface area contributed by atoms with Crippen LogP contribution >= 0.6 is 24.0 Å². The van der Waals surface area contributed by atoms with Crippen molar-refractivity contribution in [2.24, 2.45) is 0 Å². The second kappa shape index (κ2) is 10.8. The topological polar surface area (TPSA) is 67.9 Å². The molecule has 2 aliphatic heterocycles. The number of carbonyl (C=O) groups excluding carboxylic acids is 2. The van der Waals surface area contributed by atoms with Crippen LogP contribution in [0.5, 0.6) is 5.75 Å². The standard InChI is InChI=1S/C24H21F3N2O4S2/c25-24(26,27)18-5-1-2-6-19(18)28-21(30)14-33-16-9-7-15(8-10-16)12-20-22(31)29(23(34)35-20)13-17-4-3-11-32-17/h1-2,5-10,12,17H,3-4,11,13-14H2,(H,28,30)/b20-12-/t17-/m1/s1. The molecule has 0 spiro atoms. The van der Waals surface area contributed by atoms with E-state index in [0.29, 0.717) is 28.1 Å². The van der Waals surface area contributed by atoms with Crippen LogP contribution in [0.1, 0.15) is 24.0 Å². The molecule has 0 saturated carbocycles. The number of hydrogen-bond donors (Lipinski definition) is 1. The van der Waals surface area contributed by atoms with E-state index < -0.39 is 24.3 Å². The van der Waals surface area contributed by atoms with E-state index in [-0.39, 0.29) is 17.7 Å². The minimum absolute atomic E-state index is 0.00687. The maximum absolute atomic E-state index is 13.1. The zero-order chi connectivity index (χ0) is 25.0. The smallest absolute Gasteiger partial charge is 0.418 e. The quantitative estimate of drug-likeness (QED) is 0.403. The molecule has 35 heavy (non-hydrogen) atoms. The summed E-state index contributed by atoms with van der Waals surface area (Å²) in [5.74, 6) is -0.528. The number of alkyl halides is 3. The van der Waals surface area contributed by atoms with Gasteiger partial charge in [0, 0.05) is 6.61 Å². The summed E-state index contributed by atoms with van der Waals surface area (Å²) in [6, 6.07) is 11.4. The van der Waals surface area contributed by atoms with E-state index >= 15 is 0 Å². The molecular weight excluding hydrogens is 501 g/mol. The SMILES string of the molecule is O=C(COc1ccc(/C=C2\SC(=S)N(C[C@H]3CCCO3)C2=O)cc1)Nc1ccccc1C(F)(F)F. The fraction of sp³-hybridized carbons (Fsp3) is 0.292. The Morgan fingerprint density at radius 2 is 1.97 bits per heavy atom. The number of benzene rings is 2. The average molecular weight is 523 g/mol. The number of amides is 2. The van der Waals surface area contributed by atoms with Gasteiger partial charge in [0.25, 0.3) is 11.8 Å². The van der Waals surface area contributed by atoms with Crippen LogP contribution in [0.15, 0.2) is 53.4 Å². The van der Waals surface area contributed by atoms with E-state index in [1.807, 2.05) is 0 Å². The predicted octanol–water partition coefficient (Wildman–Crippen LogP) is 5.10. The molecule has 2 amide bonds. The van der Waals surface area contributed by atoms with Crippen molar-refractivity contribution in [3.8, 4) is 5.75 Å². The Labute approximate surface area is 209 Å². The van der Waals surface area contributed by atoms with Gasteiger partial charge in [0.2, 0.25) is 0 Å². The van der Waals surface area contributed by atoms with Crippen molar-refractivity contribution in [3.05, 3.63) is 64.6 Å². The number of ether oxygens (including phenoxy) is 2. The lowest BCUT2D eigenvalue weighted by molar-refractivity contribution is -0.137. The second-order valence-corrected chi connectivity index (χ2v) is 9.55. The Kier molecular flexibility index (Phi) is 7.78. The molecule has 2 saturated heterocycles. The normalized spacial score (nSPS) is 19.5. The summed E-state index contributed by atoms with van der Waals surface area (Å²) < 4.78 is 50.7. The number of para-hydroxylation sites is 1. The number of hydrogen-bond acceptors (Lipinski definition) is 6. The molecule has 2 aliphatic rings. The van der Waals surface area contributed by atoms with Gasteiger partial charge in [0.05, 0.1) is 28.8 Å². The van der Waals surface area contributed by atoms with Crippen molar-refractivity contribution >= 4 is 51.9 Å². The van der Waals surface area contributed by atoms with Crippen LogP contribution in [-0.2, 0) is 20.5 Å². The molecule has 11 heteroatoms. The number of nitrogens with one attached hydrogen (secondary N) is 1. The molecule has 1 N–H and O–H groups in total. The largest absolute Gasteiger partial charge is 0.484 e. The molecule has 0 unspecified atom stereocenters. The van der Waals surface area contributed by atoms with Gasteiger partial charge in [-0.1, -0.05) is 48.2 Å². The molecule has 6 nitrogen and oxygen atoms in total. The first-order valence-electron chi connectivity index (χ1n) is 10.8. The highest BCUT2D eigenvalue weighted by Gasteiger charge is 2.35. The van der Waals surface area contributed by atoms with Crippen LogP contribution in [0, 0.1) is 0 Å². The van der Waals surface area contributed by atoms with Gasteiger partial charge in [-0.3, -0.25) is 14.5 Å². The molecule has 1 atom stereocenters. The summed E-state index contributed by atoms with van der Waals surface area (Å²) in [4.78, 5) is 26.9. The zero-order valence-corrected chi connectivity index (χ0v) is 20.0. The van der Waals surface area contributed by atoms with Gasteiger partial charge >= 0.3 is 6.18 Å². The Bertz CT molecular complexity index is 1150. The number of carbonyl (C=O) groups is 2. The third-order valence-corrected chi connectivity index (χ3v) is 6.72. The molecular formula is C24H21F3N2O4S2. The molecule has 2 heterocycles. The number of thioether (sulfide) groups is 1. The van der Waals surface area contributed by atoms with Crippen LogP contribution in [0.4, 0.5) is 18.9 Å². The van der Waals surface area contributed by atoms with Gasteiger partial charge < -0.3 is 14.8 Å². The van der Waals surface area contributed by atoms with Crippen LogP contribution in [0.25, 0.3) is 6.08 Å². The van der Waals surface area contributed by atoms with Crippen LogP contribution in [0.3, 0.4) is 0 Å². The van der Waals surface area contributed by atoms with Gasteiger partial charge in [0.1, 0.15) is 10.1 Å². The van der Waals surface area contributed by atoms with Crippen LogP contribution in [-0.4, -0.2) is 46.9 Å². The first-order chi connectivity index (χ1) is 16.7. The minimum atomic E-state index is -4.58. The highest BCUT2D eigenvalue weighted by Crippen LogP contribution is 2.35. The lowest BCUT2D eigenvalue weighted by Gasteiger charge is -2.18. The van der Waals surface area contributed by atoms with Crippen molar-refractivity contribution in [2.45, 2.75) is 25.1 Å². The van der Waals surface area contributed by atoms with Crippen molar-refractivity contribution in [3.63, 3.8) is 0 Å². The van der Waals surface area contributed by atoms with Crippen LogP contribution < -0.4 is 10.1 Å². The summed E-state index contributed by atoms with van der Waals surface area (Å²) in [5.41, 5.74) is -0.529. The van der Waals surface area contributed by atoms with Gasteiger partial charge in [-0.15, -0.1) is 0 Å². The maximum Gasteiger partial charge on any atom is 0.418 e. The fourth-order valence-electron chi connectivity index (χ4n) is 3.64. The Morgan fingerprint density at radius 1 is 1.23 bits per heavy atom. The van der Waals surface area contributed by atoms with Gasteiger partial charge in [-0.05, 0) is 48.7 Å². The molecule has 2 aromatic carbocycles. The Morgan fingerprint density at radius 3 is 2.66 bits per heavy atom. The maximum atomic E-state index is 13.1. The molecule has 0 aliphatic carbocycles. The van der Waals surface area contributed by atoms with Gasteiger partial charge in [-0.25, -0.2) is 0 Å². The van der Waals surface area contributed by atoms with Crippen molar-refractivity contribution in [1.29, 1.82) is 0 Å². The Hall–Kier alpha value is -2.89. The summed E-state index contributed by atoms with van der Waals surface area (Å²) in [6.45, 7) is 0.684.